The van der Waals surface area contributed by atoms with Gasteiger partial charge in [0.15, 0.2) is 0 Å². The first kappa shape index (κ1) is 14.7. The quantitative estimate of drug-likeness (QED) is 0.870. The summed E-state index contributed by atoms with van der Waals surface area (Å²) in [5.41, 5.74) is 0.742. The summed E-state index contributed by atoms with van der Waals surface area (Å²) in [6.07, 6.45) is 2.39. The molecule has 1 fully saturated rings. The van der Waals surface area contributed by atoms with Crippen LogP contribution in [0.3, 0.4) is 0 Å². The van der Waals surface area contributed by atoms with Crippen molar-refractivity contribution < 1.29 is 14.3 Å². The van der Waals surface area contributed by atoms with E-state index >= 15 is 0 Å². The molecule has 1 unspecified atom stereocenters. The van der Waals surface area contributed by atoms with Gasteiger partial charge in [0, 0.05) is 18.8 Å². The topological polar surface area (TPSA) is 59.6 Å². The fraction of sp³-hybridized carbons (Fsp3) is 0.533. The Morgan fingerprint density at radius 3 is 2.75 bits per heavy atom. The Morgan fingerprint density at radius 2 is 2.15 bits per heavy atom. The molecule has 2 N–H and O–H groups in total. The first-order valence-electron chi connectivity index (χ1n) is 7.06. The van der Waals surface area contributed by atoms with Gasteiger partial charge in [0.05, 0.1) is 12.2 Å². The predicted molar refractivity (Wildman–Crippen MR) is 78.2 cm³/mol. The lowest BCUT2D eigenvalue weighted by Crippen LogP contribution is -2.34. The van der Waals surface area contributed by atoms with E-state index in [2.05, 4.69) is 10.6 Å². The lowest BCUT2D eigenvalue weighted by molar-refractivity contribution is 0.112. The molecule has 1 atom stereocenters. The molecule has 20 heavy (non-hydrogen) atoms. The van der Waals surface area contributed by atoms with Crippen LogP contribution in [0.4, 0.5) is 10.5 Å². The number of hydrogen-bond donors (Lipinski definition) is 2. The molecule has 1 saturated heterocycles. The molecule has 1 aromatic carbocycles. The highest BCUT2D eigenvalue weighted by Gasteiger charge is 2.15. The van der Waals surface area contributed by atoms with Gasteiger partial charge in [-0.25, -0.2) is 4.79 Å². The number of urea groups is 1. The first-order valence-corrected chi connectivity index (χ1v) is 7.06. The molecule has 1 aliphatic heterocycles. The standard InChI is InChI=1S/C15H22N2O3/c1-11(2)20-13-7-5-12(6-8-13)17-15(18)16-10-14-4-3-9-19-14/h5-8,11,14H,3-4,9-10H2,1-2H3,(H2,16,17,18). The molecule has 5 nitrogen and oxygen atoms in total. The monoisotopic (exact) mass is 278 g/mol. The third kappa shape index (κ3) is 4.74. The molecule has 2 rings (SSSR count). The van der Waals surface area contributed by atoms with Gasteiger partial charge in [-0.05, 0) is 51.0 Å². The van der Waals surface area contributed by atoms with Crippen molar-refractivity contribution in [3.05, 3.63) is 24.3 Å². The summed E-state index contributed by atoms with van der Waals surface area (Å²) in [6, 6.07) is 7.12. The zero-order chi connectivity index (χ0) is 14.4. The van der Waals surface area contributed by atoms with Gasteiger partial charge in [0.25, 0.3) is 0 Å². The lowest BCUT2D eigenvalue weighted by atomic mass is 10.2. The number of carbonyl (C=O) groups excluding carboxylic acids is 1. The fourth-order valence-electron chi connectivity index (χ4n) is 2.08. The van der Waals surface area contributed by atoms with Crippen LogP contribution in [0.1, 0.15) is 26.7 Å². The highest BCUT2D eigenvalue weighted by atomic mass is 16.5. The van der Waals surface area contributed by atoms with Crippen molar-refractivity contribution in [1.82, 2.24) is 5.32 Å². The second kappa shape index (κ2) is 7.14. The number of hydrogen-bond acceptors (Lipinski definition) is 3. The van der Waals surface area contributed by atoms with E-state index in [9.17, 15) is 4.79 Å². The lowest BCUT2D eigenvalue weighted by Gasteiger charge is -2.13. The average molecular weight is 278 g/mol. The van der Waals surface area contributed by atoms with E-state index in [1.807, 2.05) is 38.1 Å². The smallest absolute Gasteiger partial charge is 0.319 e. The summed E-state index contributed by atoms with van der Waals surface area (Å²) in [5, 5.41) is 5.60. The van der Waals surface area contributed by atoms with Crippen LogP contribution in [-0.2, 0) is 4.74 Å². The maximum atomic E-state index is 11.7. The summed E-state index contributed by atoms with van der Waals surface area (Å²) >= 11 is 0. The number of nitrogens with one attached hydrogen (secondary N) is 2. The Labute approximate surface area is 119 Å². The first-order chi connectivity index (χ1) is 9.63. The van der Waals surface area contributed by atoms with E-state index < -0.39 is 0 Å². The van der Waals surface area contributed by atoms with E-state index in [0.29, 0.717) is 6.54 Å². The van der Waals surface area contributed by atoms with Crippen molar-refractivity contribution in [3.8, 4) is 5.75 Å². The molecule has 0 saturated carbocycles. The maximum absolute atomic E-state index is 11.7. The largest absolute Gasteiger partial charge is 0.491 e. The minimum Gasteiger partial charge on any atom is -0.491 e. The molecule has 0 radical (unpaired) electrons. The molecule has 5 heteroatoms. The van der Waals surface area contributed by atoms with Crippen molar-refractivity contribution in [2.24, 2.45) is 0 Å². The molecule has 0 spiro atoms. The summed E-state index contributed by atoms with van der Waals surface area (Å²) in [7, 11) is 0. The SMILES string of the molecule is CC(C)Oc1ccc(NC(=O)NCC2CCCO2)cc1. The minimum absolute atomic E-state index is 0.142. The zero-order valence-electron chi connectivity index (χ0n) is 12.0. The van der Waals surface area contributed by atoms with Crippen LogP contribution < -0.4 is 15.4 Å². The Bertz CT molecular complexity index is 425. The Kier molecular flexibility index (Phi) is 5.24. The van der Waals surface area contributed by atoms with E-state index in [-0.39, 0.29) is 18.2 Å². The molecule has 110 valence electrons. The zero-order valence-corrected chi connectivity index (χ0v) is 12.0. The van der Waals surface area contributed by atoms with Crippen molar-refractivity contribution in [1.29, 1.82) is 0 Å². The molecule has 0 aliphatic carbocycles. The van der Waals surface area contributed by atoms with Gasteiger partial charge in [0.1, 0.15) is 5.75 Å². The number of ether oxygens (including phenoxy) is 2. The van der Waals surface area contributed by atoms with Gasteiger partial charge >= 0.3 is 6.03 Å². The van der Waals surface area contributed by atoms with E-state index in [1.165, 1.54) is 0 Å². The second-order valence-corrected chi connectivity index (χ2v) is 5.16. The molecule has 1 aliphatic rings. The average Bonchev–Trinajstić information content (AvgIpc) is 2.91. The number of anilines is 1. The van der Waals surface area contributed by atoms with Crippen LogP contribution in [-0.4, -0.2) is 31.4 Å². The predicted octanol–water partition coefficient (Wildman–Crippen LogP) is 2.77. The minimum atomic E-state index is -0.210. The Morgan fingerprint density at radius 1 is 1.40 bits per heavy atom. The normalized spacial score (nSPS) is 18.1. The van der Waals surface area contributed by atoms with E-state index in [4.69, 9.17) is 9.47 Å². The van der Waals surface area contributed by atoms with Gasteiger partial charge < -0.3 is 20.1 Å². The van der Waals surface area contributed by atoms with Gasteiger partial charge in [-0.1, -0.05) is 0 Å². The van der Waals surface area contributed by atoms with Crippen LogP contribution >= 0.6 is 0 Å². The van der Waals surface area contributed by atoms with E-state index in [1.54, 1.807) is 0 Å². The van der Waals surface area contributed by atoms with Crippen LogP contribution in [0, 0.1) is 0 Å². The summed E-state index contributed by atoms with van der Waals surface area (Å²) in [5.74, 6) is 0.797. The van der Waals surface area contributed by atoms with Crippen molar-refractivity contribution in [3.63, 3.8) is 0 Å². The summed E-state index contributed by atoms with van der Waals surface area (Å²) < 4.78 is 11.0. The third-order valence-corrected chi connectivity index (χ3v) is 3.00. The molecule has 0 aromatic heterocycles. The Balaban J connectivity index is 1.75. The highest BCUT2D eigenvalue weighted by Crippen LogP contribution is 2.17. The molecular formula is C15H22N2O3. The number of rotatable bonds is 5. The molecule has 2 amide bonds. The van der Waals surface area contributed by atoms with Gasteiger partial charge in [-0.15, -0.1) is 0 Å². The van der Waals surface area contributed by atoms with Crippen molar-refractivity contribution in [2.45, 2.75) is 38.9 Å². The fourth-order valence-corrected chi connectivity index (χ4v) is 2.08. The van der Waals surface area contributed by atoms with Crippen LogP contribution in [0.15, 0.2) is 24.3 Å². The van der Waals surface area contributed by atoms with E-state index in [0.717, 1.165) is 30.9 Å². The van der Waals surface area contributed by atoms with Crippen molar-refractivity contribution in [2.75, 3.05) is 18.5 Å². The van der Waals surface area contributed by atoms with Gasteiger partial charge in [-0.3, -0.25) is 0 Å². The molecule has 0 bridgehead atoms. The Hall–Kier alpha value is -1.75. The number of carbonyl (C=O) groups is 1. The highest BCUT2D eigenvalue weighted by molar-refractivity contribution is 5.89. The van der Waals surface area contributed by atoms with Crippen LogP contribution in [0.5, 0.6) is 5.75 Å². The summed E-state index contributed by atoms with van der Waals surface area (Å²) in [4.78, 5) is 11.7. The third-order valence-electron chi connectivity index (χ3n) is 3.00. The summed E-state index contributed by atoms with van der Waals surface area (Å²) in [6.45, 7) is 5.31. The number of benzene rings is 1. The van der Waals surface area contributed by atoms with Gasteiger partial charge in [-0.2, -0.15) is 0 Å². The van der Waals surface area contributed by atoms with Crippen molar-refractivity contribution >= 4 is 11.7 Å². The van der Waals surface area contributed by atoms with Crippen LogP contribution in [0.25, 0.3) is 0 Å². The second-order valence-electron chi connectivity index (χ2n) is 5.16. The number of amides is 2. The van der Waals surface area contributed by atoms with Crippen LogP contribution in [0.2, 0.25) is 0 Å². The maximum Gasteiger partial charge on any atom is 0.319 e. The molecule has 1 aromatic rings. The molecular weight excluding hydrogens is 256 g/mol. The molecule has 1 heterocycles. The van der Waals surface area contributed by atoms with Gasteiger partial charge in [0.2, 0.25) is 0 Å².